The van der Waals surface area contributed by atoms with Crippen molar-refractivity contribution in [2.75, 3.05) is 41.0 Å². The van der Waals surface area contributed by atoms with E-state index in [0.717, 1.165) is 57.8 Å². The lowest BCUT2D eigenvalue weighted by molar-refractivity contribution is -0.889. The van der Waals surface area contributed by atoms with Gasteiger partial charge in [0.2, 0.25) is 0 Å². The summed E-state index contributed by atoms with van der Waals surface area (Å²) >= 11 is 0. The first-order chi connectivity index (χ1) is 32.1. The number of quaternary nitrogens is 1. The van der Waals surface area contributed by atoms with E-state index in [-0.39, 0.29) is 42.7 Å². The topological polar surface area (TPSA) is 102 Å². The molecule has 66 heavy (non-hydrogen) atoms. The third kappa shape index (κ3) is 46.2. The van der Waals surface area contributed by atoms with Gasteiger partial charge in [0, 0.05) is 19.3 Å². The number of hydrogen-bond donors (Lipinski definition) is 0. The molecule has 0 rings (SSSR count). The van der Waals surface area contributed by atoms with E-state index in [0.29, 0.717) is 12.8 Å². The standard InChI is InChI=1S/C58H103NO7/c1-6-8-10-12-14-16-18-20-22-24-26-28-29-31-33-35-37-39-41-43-45-47-49-57(61)66-54(52-64-51-50-55(58(62)63)59(3,4)5)53-65-56(60)48-46-44-42-40-38-36-34-32-30-27-25-23-21-19-17-15-13-11-9-7-2/h14,16-17,19-23,26,28,54-55H,6-13,15,18,24-25,27,29-53H2,1-5H3/b16-14+,19-17+,22-20+,23-21+,28-26+. The van der Waals surface area contributed by atoms with Crippen LogP contribution in [0.1, 0.15) is 239 Å². The summed E-state index contributed by atoms with van der Waals surface area (Å²) in [5.41, 5.74) is 0. The van der Waals surface area contributed by atoms with Gasteiger partial charge >= 0.3 is 11.9 Å². The van der Waals surface area contributed by atoms with Crippen molar-refractivity contribution in [2.45, 2.75) is 251 Å². The van der Waals surface area contributed by atoms with Crippen LogP contribution in [0.15, 0.2) is 60.8 Å². The van der Waals surface area contributed by atoms with Crippen molar-refractivity contribution in [1.29, 1.82) is 0 Å². The molecule has 0 aromatic carbocycles. The Bertz CT molecular complexity index is 1260. The molecule has 0 saturated carbocycles. The molecule has 0 aliphatic heterocycles. The highest BCUT2D eigenvalue weighted by Crippen LogP contribution is 2.15. The minimum absolute atomic E-state index is 0.0366. The van der Waals surface area contributed by atoms with E-state index in [1.807, 2.05) is 0 Å². The molecular weight excluding hydrogens is 823 g/mol. The van der Waals surface area contributed by atoms with Crippen LogP contribution in [0.25, 0.3) is 0 Å². The van der Waals surface area contributed by atoms with Crippen molar-refractivity contribution in [2.24, 2.45) is 0 Å². The van der Waals surface area contributed by atoms with Crippen LogP contribution in [0, 0.1) is 0 Å². The Balaban J connectivity index is 4.23. The van der Waals surface area contributed by atoms with Crippen molar-refractivity contribution in [3.63, 3.8) is 0 Å². The Morgan fingerprint density at radius 2 is 0.848 bits per heavy atom. The molecule has 0 aromatic rings. The van der Waals surface area contributed by atoms with Crippen molar-refractivity contribution in [1.82, 2.24) is 0 Å². The van der Waals surface area contributed by atoms with Gasteiger partial charge < -0.3 is 28.6 Å². The molecular formula is C58H103NO7. The number of likely N-dealkylation sites (N-methyl/N-ethyl adjacent to an activating group) is 1. The van der Waals surface area contributed by atoms with Crippen LogP contribution in [0.5, 0.6) is 0 Å². The molecule has 8 heteroatoms. The number of allylic oxidation sites excluding steroid dienone is 10. The number of carboxylic acids is 1. The predicted octanol–water partition coefficient (Wildman–Crippen LogP) is 14.8. The first kappa shape index (κ1) is 63.0. The first-order valence-electron chi connectivity index (χ1n) is 27.3. The molecule has 0 spiro atoms. The second kappa shape index (κ2) is 48.5. The summed E-state index contributed by atoms with van der Waals surface area (Å²) in [6.45, 7) is 4.63. The van der Waals surface area contributed by atoms with E-state index < -0.39 is 18.1 Å². The summed E-state index contributed by atoms with van der Waals surface area (Å²) in [4.78, 5) is 37.1. The molecule has 8 nitrogen and oxygen atoms in total. The van der Waals surface area contributed by atoms with Crippen LogP contribution in [0.3, 0.4) is 0 Å². The van der Waals surface area contributed by atoms with Crippen LogP contribution in [0.4, 0.5) is 0 Å². The molecule has 0 radical (unpaired) electrons. The third-order valence-corrected chi connectivity index (χ3v) is 12.2. The Morgan fingerprint density at radius 3 is 1.30 bits per heavy atom. The summed E-state index contributed by atoms with van der Waals surface area (Å²) in [5.74, 6) is -1.74. The van der Waals surface area contributed by atoms with Crippen LogP contribution >= 0.6 is 0 Å². The molecule has 0 saturated heterocycles. The third-order valence-electron chi connectivity index (χ3n) is 12.2. The Kier molecular flexibility index (Phi) is 46.3. The number of rotatable bonds is 49. The molecule has 0 aromatic heterocycles. The minimum Gasteiger partial charge on any atom is -0.544 e. The maximum atomic E-state index is 12.8. The lowest BCUT2D eigenvalue weighted by Gasteiger charge is -2.34. The zero-order valence-electron chi connectivity index (χ0n) is 43.6. The molecule has 0 amide bonds. The smallest absolute Gasteiger partial charge is 0.306 e. The predicted molar refractivity (Wildman–Crippen MR) is 277 cm³/mol. The average Bonchev–Trinajstić information content (AvgIpc) is 3.28. The molecule has 2 unspecified atom stereocenters. The fourth-order valence-corrected chi connectivity index (χ4v) is 7.89. The highest BCUT2D eigenvalue weighted by Gasteiger charge is 2.25. The molecule has 0 aliphatic rings. The molecule has 0 aliphatic carbocycles. The number of carbonyl (C=O) groups excluding carboxylic acids is 3. The monoisotopic (exact) mass is 926 g/mol. The SMILES string of the molecule is CCCCC/C=C/C/C=C/C/C=C/CCCCCCCCCCCC(=O)OC(COCCC(C(=O)[O-])[N+](C)(C)C)COC(=O)CCCCCCCCCCCC/C=C/C=C/CCCCCC. The first-order valence-corrected chi connectivity index (χ1v) is 27.3. The summed E-state index contributed by atoms with van der Waals surface area (Å²) in [5, 5.41) is 11.7. The number of ether oxygens (including phenoxy) is 3. The van der Waals surface area contributed by atoms with Crippen LogP contribution < -0.4 is 5.11 Å². The van der Waals surface area contributed by atoms with Gasteiger partial charge in [0.1, 0.15) is 12.6 Å². The molecule has 0 N–H and O–H groups in total. The molecule has 0 fully saturated rings. The van der Waals surface area contributed by atoms with Crippen LogP contribution in [0.2, 0.25) is 0 Å². The summed E-state index contributed by atoms with van der Waals surface area (Å²) in [7, 11) is 5.42. The zero-order valence-corrected chi connectivity index (χ0v) is 43.6. The van der Waals surface area contributed by atoms with E-state index in [9.17, 15) is 19.5 Å². The van der Waals surface area contributed by atoms with Crippen molar-refractivity contribution in [3.8, 4) is 0 Å². The Morgan fingerprint density at radius 1 is 0.470 bits per heavy atom. The minimum atomic E-state index is -1.13. The lowest BCUT2D eigenvalue weighted by atomic mass is 10.1. The summed E-state index contributed by atoms with van der Waals surface area (Å²) in [6.07, 6.45) is 61.0. The van der Waals surface area contributed by atoms with Gasteiger partial charge in [0.15, 0.2) is 6.10 Å². The fraction of sp³-hybridized carbons (Fsp3) is 0.776. The number of nitrogens with zero attached hydrogens (tertiary/aromatic N) is 1. The van der Waals surface area contributed by atoms with Gasteiger partial charge in [-0.25, -0.2) is 0 Å². The maximum absolute atomic E-state index is 12.8. The summed E-state index contributed by atoms with van der Waals surface area (Å²) < 4.78 is 17.3. The second-order valence-electron chi connectivity index (χ2n) is 19.5. The number of aliphatic carboxylic acids is 1. The van der Waals surface area contributed by atoms with Gasteiger partial charge in [-0.2, -0.15) is 0 Å². The highest BCUT2D eigenvalue weighted by molar-refractivity contribution is 5.70. The van der Waals surface area contributed by atoms with E-state index >= 15 is 0 Å². The van der Waals surface area contributed by atoms with E-state index in [1.165, 1.54) is 148 Å². The Labute approximate surface area is 407 Å². The number of esters is 2. The van der Waals surface area contributed by atoms with Crippen molar-refractivity contribution in [3.05, 3.63) is 60.8 Å². The number of carbonyl (C=O) groups is 3. The highest BCUT2D eigenvalue weighted by atomic mass is 16.6. The van der Waals surface area contributed by atoms with Gasteiger partial charge in [-0.05, 0) is 77.0 Å². The second-order valence-corrected chi connectivity index (χ2v) is 19.5. The van der Waals surface area contributed by atoms with E-state index in [1.54, 1.807) is 21.1 Å². The molecule has 0 heterocycles. The molecule has 0 bridgehead atoms. The quantitative estimate of drug-likeness (QED) is 0.0197. The van der Waals surface area contributed by atoms with Gasteiger partial charge in [-0.15, -0.1) is 0 Å². The lowest BCUT2D eigenvalue weighted by Crippen LogP contribution is -2.55. The van der Waals surface area contributed by atoms with E-state index in [4.69, 9.17) is 14.2 Å². The number of carboxylic acid groups (broad SMARTS) is 1. The molecule has 2 atom stereocenters. The van der Waals surface area contributed by atoms with E-state index in [2.05, 4.69) is 74.6 Å². The number of unbranched alkanes of at least 4 members (excludes halogenated alkanes) is 26. The van der Waals surface area contributed by atoms with Gasteiger partial charge in [0.25, 0.3) is 0 Å². The van der Waals surface area contributed by atoms with Crippen LogP contribution in [-0.2, 0) is 28.6 Å². The largest absolute Gasteiger partial charge is 0.544 e. The van der Waals surface area contributed by atoms with Gasteiger partial charge in [0.05, 0.1) is 40.3 Å². The van der Waals surface area contributed by atoms with Crippen molar-refractivity contribution >= 4 is 17.9 Å². The van der Waals surface area contributed by atoms with Crippen molar-refractivity contribution < 1.29 is 38.2 Å². The zero-order chi connectivity index (χ0) is 48.4. The average molecular weight is 926 g/mol. The van der Waals surface area contributed by atoms with Crippen LogP contribution in [-0.4, -0.2) is 75.5 Å². The van der Waals surface area contributed by atoms with Gasteiger partial charge in [-0.1, -0.05) is 203 Å². The maximum Gasteiger partial charge on any atom is 0.306 e. The fourth-order valence-electron chi connectivity index (χ4n) is 7.89. The Hall–Kier alpha value is -2.97. The summed E-state index contributed by atoms with van der Waals surface area (Å²) in [6, 6.07) is -0.730. The number of hydrogen-bond acceptors (Lipinski definition) is 7. The normalized spacial score (nSPS) is 13.3. The van der Waals surface area contributed by atoms with Gasteiger partial charge in [-0.3, -0.25) is 9.59 Å². The molecule has 382 valence electrons.